The lowest BCUT2D eigenvalue weighted by atomic mass is 9.96. The lowest BCUT2D eigenvalue weighted by Gasteiger charge is -2.33. The summed E-state index contributed by atoms with van der Waals surface area (Å²) in [6, 6.07) is 3.73. The van der Waals surface area contributed by atoms with Gasteiger partial charge in [-0.3, -0.25) is 10.1 Å². The number of nitro benzene ring substituents is 1. The topological polar surface area (TPSA) is 79.4 Å². The average molecular weight is 314 g/mol. The Balaban J connectivity index is 2.18. The van der Waals surface area contributed by atoms with E-state index in [1.54, 1.807) is 6.07 Å². The molecule has 1 aromatic carbocycles. The minimum absolute atomic E-state index is 0.00398. The lowest BCUT2D eigenvalue weighted by molar-refractivity contribution is -0.384. The van der Waals surface area contributed by atoms with E-state index in [-0.39, 0.29) is 17.2 Å². The minimum Gasteiger partial charge on any atom is -0.486 e. The fourth-order valence-electron chi connectivity index (χ4n) is 3.55. The van der Waals surface area contributed by atoms with E-state index in [0.29, 0.717) is 30.9 Å². The number of ether oxygens (including phenoxy) is 1. The lowest BCUT2D eigenvalue weighted by Crippen LogP contribution is -2.35. The molecule has 1 saturated heterocycles. The highest BCUT2D eigenvalue weighted by Crippen LogP contribution is 2.46. The minimum atomic E-state index is -0.447. The van der Waals surface area contributed by atoms with Crippen LogP contribution in [0.15, 0.2) is 6.07 Å². The summed E-state index contributed by atoms with van der Waals surface area (Å²) in [6.07, 6.45) is 2.48. The number of benzene rings is 1. The average Bonchev–Trinajstić information content (AvgIpc) is 2.78. The van der Waals surface area contributed by atoms with Gasteiger partial charge in [0.25, 0.3) is 5.69 Å². The Morgan fingerprint density at radius 2 is 2.30 bits per heavy atom. The molecule has 0 N–H and O–H groups in total. The number of hydrogen-bond donors (Lipinski definition) is 0. The van der Waals surface area contributed by atoms with Crippen LogP contribution in [-0.2, 0) is 6.42 Å². The van der Waals surface area contributed by atoms with Gasteiger partial charge < -0.3 is 9.64 Å². The maximum atomic E-state index is 11.6. The van der Waals surface area contributed by atoms with E-state index in [1.807, 2.05) is 18.7 Å². The number of nitro groups is 1. The maximum absolute atomic E-state index is 11.6. The molecule has 0 spiro atoms. The molecule has 1 aromatic rings. The highest BCUT2D eigenvalue weighted by atomic mass is 16.6. The highest BCUT2D eigenvalue weighted by Gasteiger charge is 2.38. The number of nitriles is 1. The molecular weight excluding hydrogens is 294 g/mol. The van der Waals surface area contributed by atoms with Gasteiger partial charge >= 0.3 is 0 Å². The molecule has 23 heavy (non-hydrogen) atoms. The van der Waals surface area contributed by atoms with E-state index in [1.165, 1.54) is 0 Å². The van der Waals surface area contributed by atoms with Gasteiger partial charge in [0.15, 0.2) is 0 Å². The van der Waals surface area contributed by atoms with Crippen LogP contribution in [0.5, 0.6) is 5.75 Å². The Kier molecular flexibility index (Phi) is 3.67. The van der Waals surface area contributed by atoms with Crippen molar-refractivity contribution in [3.8, 4) is 11.8 Å². The molecule has 6 nitrogen and oxygen atoms in total. The Labute approximate surface area is 135 Å². The summed E-state index contributed by atoms with van der Waals surface area (Å²) in [5, 5.41) is 21.2. The van der Waals surface area contributed by atoms with E-state index in [9.17, 15) is 15.4 Å². The van der Waals surface area contributed by atoms with Crippen LogP contribution in [0.1, 0.15) is 37.8 Å². The van der Waals surface area contributed by atoms with E-state index in [0.717, 1.165) is 18.4 Å². The zero-order chi connectivity index (χ0) is 16.8. The molecule has 2 heterocycles. The van der Waals surface area contributed by atoms with Crippen molar-refractivity contribution >= 4 is 11.4 Å². The first kappa shape index (κ1) is 15.6. The van der Waals surface area contributed by atoms with Gasteiger partial charge in [-0.25, -0.2) is 0 Å². The van der Waals surface area contributed by atoms with Crippen molar-refractivity contribution in [2.75, 3.05) is 18.0 Å². The first-order valence-corrected chi connectivity index (χ1v) is 7.84. The van der Waals surface area contributed by atoms with Gasteiger partial charge in [-0.2, -0.15) is 5.26 Å². The summed E-state index contributed by atoms with van der Waals surface area (Å²) >= 11 is 0. The fraction of sp³-hybridized carbons (Fsp3) is 0.529. The molecule has 121 valence electrons. The molecule has 0 aliphatic carbocycles. The molecule has 3 rings (SSSR count). The molecule has 2 aliphatic rings. The number of rotatable bonds is 2. The Hall–Kier alpha value is -2.29. The molecule has 0 saturated carbocycles. The van der Waals surface area contributed by atoms with Gasteiger partial charge in [0.05, 0.1) is 4.92 Å². The van der Waals surface area contributed by atoms with Crippen LogP contribution in [0.3, 0.4) is 0 Å². The molecule has 0 aromatic heterocycles. The van der Waals surface area contributed by atoms with Crippen LogP contribution in [0, 0.1) is 34.3 Å². The van der Waals surface area contributed by atoms with Crippen LogP contribution in [0.2, 0.25) is 0 Å². The molecule has 0 bridgehead atoms. The quantitative estimate of drug-likeness (QED) is 0.618. The third-order valence-electron chi connectivity index (χ3n) is 4.45. The van der Waals surface area contributed by atoms with Crippen LogP contribution < -0.4 is 9.64 Å². The van der Waals surface area contributed by atoms with Crippen LogP contribution in [-0.4, -0.2) is 23.6 Å². The van der Waals surface area contributed by atoms with Crippen molar-refractivity contribution in [2.24, 2.45) is 5.92 Å². The largest absolute Gasteiger partial charge is 0.486 e. The summed E-state index contributed by atoms with van der Waals surface area (Å²) in [5.74, 6) is 0.713. The van der Waals surface area contributed by atoms with E-state index in [4.69, 9.17) is 4.74 Å². The van der Waals surface area contributed by atoms with Gasteiger partial charge in [0, 0.05) is 31.1 Å². The van der Waals surface area contributed by atoms with Gasteiger partial charge in [-0.1, -0.05) is 0 Å². The first-order valence-electron chi connectivity index (χ1n) is 7.84. The predicted octanol–water partition coefficient (Wildman–Crippen LogP) is 3.23. The Morgan fingerprint density at radius 3 is 2.91 bits per heavy atom. The zero-order valence-electron chi connectivity index (χ0n) is 13.5. The third kappa shape index (κ3) is 2.72. The van der Waals surface area contributed by atoms with Crippen LogP contribution >= 0.6 is 0 Å². The summed E-state index contributed by atoms with van der Waals surface area (Å²) in [6.45, 7) is 9.24. The smallest absolute Gasteiger partial charge is 0.294 e. The van der Waals surface area contributed by atoms with Gasteiger partial charge in [0.2, 0.25) is 0 Å². The van der Waals surface area contributed by atoms with Crippen molar-refractivity contribution < 1.29 is 9.66 Å². The van der Waals surface area contributed by atoms with Crippen molar-refractivity contribution in [3.63, 3.8) is 0 Å². The molecule has 1 radical (unpaired) electrons. The molecule has 2 aliphatic heterocycles. The van der Waals surface area contributed by atoms with E-state index >= 15 is 0 Å². The van der Waals surface area contributed by atoms with Crippen molar-refractivity contribution in [2.45, 2.75) is 38.7 Å². The number of fused-ring (bicyclic) bond motifs is 1. The SMILES string of the molecule is [CH2][C@@H]1CCCN(c2c([N+](=O)[O-])cc3c(c2C#N)OC(C)(C)C3)C1. The van der Waals surface area contributed by atoms with Crippen LogP contribution in [0.25, 0.3) is 0 Å². The zero-order valence-corrected chi connectivity index (χ0v) is 13.5. The van der Waals surface area contributed by atoms with Crippen LogP contribution in [0.4, 0.5) is 11.4 Å². The Morgan fingerprint density at radius 1 is 1.57 bits per heavy atom. The van der Waals surface area contributed by atoms with Crippen molar-refractivity contribution in [1.82, 2.24) is 0 Å². The number of hydrogen-bond acceptors (Lipinski definition) is 5. The summed E-state index contributed by atoms with van der Waals surface area (Å²) in [4.78, 5) is 13.1. The summed E-state index contributed by atoms with van der Waals surface area (Å²) < 4.78 is 5.92. The molecule has 1 atom stereocenters. The number of anilines is 1. The number of nitrogens with zero attached hydrogens (tertiary/aromatic N) is 3. The monoisotopic (exact) mass is 314 g/mol. The molecule has 0 unspecified atom stereocenters. The second-order valence-corrected chi connectivity index (χ2v) is 6.97. The second kappa shape index (κ2) is 5.41. The molecule has 0 amide bonds. The molecular formula is C17H20N3O3. The van der Waals surface area contributed by atoms with Gasteiger partial charge in [-0.15, -0.1) is 0 Å². The maximum Gasteiger partial charge on any atom is 0.294 e. The van der Waals surface area contributed by atoms with Crippen molar-refractivity contribution in [1.29, 1.82) is 5.26 Å². The first-order chi connectivity index (χ1) is 10.8. The fourth-order valence-corrected chi connectivity index (χ4v) is 3.55. The van der Waals surface area contributed by atoms with E-state index < -0.39 is 10.5 Å². The van der Waals surface area contributed by atoms with Gasteiger partial charge in [0.1, 0.15) is 28.7 Å². The normalized spacial score (nSPS) is 22.2. The molecule has 6 heteroatoms. The third-order valence-corrected chi connectivity index (χ3v) is 4.45. The van der Waals surface area contributed by atoms with E-state index in [2.05, 4.69) is 13.0 Å². The van der Waals surface area contributed by atoms with Crippen molar-refractivity contribution in [3.05, 3.63) is 34.2 Å². The predicted molar refractivity (Wildman–Crippen MR) is 86.5 cm³/mol. The Bertz CT molecular complexity index is 706. The standard InChI is InChI=1S/C17H20N3O3/c1-11-5-4-6-19(10-11)15-13(9-18)16-12(7-14(15)20(21)22)8-17(2,3)23-16/h7,11H,1,4-6,8,10H2,2-3H3/t11-/m1/s1. The number of piperidine rings is 1. The molecule has 1 fully saturated rings. The second-order valence-electron chi connectivity index (χ2n) is 6.97. The highest BCUT2D eigenvalue weighted by molar-refractivity contribution is 5.78. The van der Waals surface area contributed by atoms with Gasteiger partial charge in [-0.05, 0) is 39.5 Å². The summed E-state index contributed by atoms with van der Waals surface area (Å²) in [7, 11) is 0. The summed E-state index contributed by atoms with van der Waals surface area (Å²) in [5.41, 5.74) is 0.967.